The molecule has 0 heterocycles. The predicted octanol–water partition coefficient (Wildman–Crippen LogP) is 1.93. The third-order valence-corrected chi connectivity index (χ3v) is 3.35. The molecule has 0 aliphatic heterocycles. The van der Waals surface area contributed by atoms with Crippen molar-refractivity contribution in [2.45, 2.75) is 13.5 Å². The van der Waals surface area contributed by atoms with E-state index in [4.69, 9.17) is 21.1 Å². The highest BCUT2D eigenvalue weighted by atomic mass is 35.5. The molecule has 0 saturated heterocycles. The van der Waals surface area contributed by atoms with Crippen molar-refractivity contribution in [1.29, 1.82) is 0 Å². The molecule has 6 heteroatoms. The van der Waals surface area contributed by atoms with E-state index < -0.39 is 0 Å². The van der Waals surface area contributed by atoms with Crippen molar-refractivity contribution >= 4 is 17.5 Å². The van der Waals surface area contributed by atoms with Gasteiger partial charge in [-0.25, -0.2) is 0 Å². The summed E-state index contributed by atoms with van der Waals surface area (Å²) in [6.45, 7) is 4.72. The van der Waals surface area contributed by atoms with Crippen molar-refractivity contribution in [3.8, 4) is 5.75 Å². The van der Waals surface area contributed by atoms with E-state index in [1.165, 1.54) is 0 Å². The molecule has 21 heavy (non-hydrogen) atoms. The molecule has 0 fully saturated rings. The fourth-order valence-electron chi connectivity index (χ4n) is 1.60. The maximum absolute atomic E-state index is 11.7. The summed E-state index contributed by atoms with van der Waals surface area (Å²) in [6.07, 6.45) is 0. The normalized spacial score (nSPS) is 10.5. The Morgan fingerprint density at radius 3 is 2.81 bits per heavy atom. The summed E-state index contributed by atoms with van der Waals surface area (Å²) < 4.78 is 10.4. The van der Waals surface area contributed by atoms with E-state index in [0.717, 1.165) is 12.1 Å². The zero-order valence-electron chi connectivity index (χ0n) is 12.8. The number of carbonyl (C=O) groups is 1. The molecule has 0 saturated carbocycles. The van der Waals surface area contributed by atoms with E-state index in [-0.39, 0.29) is 12.5 Å². The van der Waals surface area contributed by atoms with Gasteiger partial charge in [0.2, 0.25) is 0 Å². The Labute approximate surface area is 131 Å². The molecular weight excluding hydrogens is 292 g/mol. The second-order valence-corrected chi connectivity index (χ2v) is 5.04. The quantitative estimate of drug-likeness (QED) is 0.708. The lowest BCUT2D eigenvalue weighted by molar-refractivity contribution is -0.131. The van der Waals surface area contributed by atoms with Gasteiger partial charge in [0.15, 0.2) is 6.61 Å². The zero-order valence-corrected chi connectivity index (χ0v) is 13.6. The Bertz CT molecular complexity index is 455. The van der Waals surface area contributed by atoms with Crippen LogP contribution in [0.1, 0.15) is 12.5 Å². The average molecular weight is 315 g/mol. The van der Waals surface area contributed by atoms with Gasteiger partial charge in [0, 0.05) is 33.8 Å². The van der Waals surface area contributed by atoms with Gasteiger partial charge in [-0.15, -0.1) is 0 Å². The fourth-order valence-corrected chi connectivity index (χ4v) is 1.86. The SMILES string of the molecule is CCN(C)C(=O)COc1ccc(CNCCOC)cc1Cl. The first kappa shape index (κ1) is 17.8. The standard InChI is InChI=1S/C15H23ClN2O3/c1-4-18(2)15(19)11-21-14-6-5-12(9-13(14)16)10-17-7-8-20-3/h5-6,9,17H,4,7-8,10-11H2,1-3H3. The van der Waals surface area contributed by atoms with Crippen LogP contribution in [0.4, 0.5) is 0 Å². The van der Waals surface area contributed by atoms with Crippen LogP contribution >= 0.6 is 11.6 Å². The Hall–Kier alpha value is -1.30. The van der Waals surface area contributed by atoms with Crippen LogP contribution in [0.2, 0.25) is 5.02 Å². The lowest BCUT2D eigenvalue weighted by atomic mass is 10.2. The van der Waals surface area contributed by atoms with Crippen molar-refractivity contribution in [2.75, 3.05) is 40.5 Å². The summed E-state index contributed by atoms with van der Waals surface area (Å²) in [7, 11) is 3.41. The molecule has 1 amide bonds. The van der Waals surface area contributed by atoms with Crippen molar-refractivity contribution in [2.24, 2.45) is 0 Å². The number of hydrogen-bond acceptors (Lipinski definition) is 4. The lowest BCUT2D eigenvalue weighted by Gasteiger charge is -2.15. The number of amides is 1. The lowest BCUT2D eigenvalue weighted by Crippen LogP contribution is -2.31. The van der Waals surface area contributed by atoms with Crippen LogP contribution in [-0.4, -0.2) is 51.3 Å². The number of hydrogen-bond donors (Lipinski definition) is 1. The minimum absolute atomic E-state index is 0.00447. The van der Waals surface area contributed by atoms with Gasteiger partial charge in [-0.2, -0.15) is 0 Å². The van der Waals surface area contributed by atoms with E-state index >= 15 is 0 Å². The summed E-state index contributed by atoms with van der Waals surface area (Å²) in [6, 6.07) is 5.55. The minimum atomic E-state index is -0.0705. The third-order valence-electron chi connectivity index (χ3n) is 3.06. The van der Waals surface area contributed by atoms with Crippen molar-refractivity contribution in [3.05, 3.63) is 28.8 Å². The Balaban J connectivity index is 2.48. The number of benzene rings is 1. The monoisotopic (exact) mass is 314 g/mol. The van der Waals surface area contributed by atoms with E-state index in [2.05, 4.69) is 5.32 Å². The molecule has 0 radical (unpaired) electrons. The van der Waals surface area contributed by atoms with Gasteiger partial charge >= 0.3 is 0 Å². The van der Waals surface area contributed by atoms with Crippen LogP contribution in [-0.2, 0) is 16.1 Å². The van der Waals surface area contributed by atoms with E-state index in [1.54, 1.807) is 25.1 Å². The van der Waals surface area contributed by atoms with Crippen molar-refractivity contribution in [1.82, 2.24) is 10.2 Å². The highest BCUT2D eigenvalue weighted by Crippen LogP contribution is 2.25. The first-order chi connectivity index (χ1) is 10.1. The average Bonchev–Trinajstić information content (AvgIpc) is 2.49. The van der Waals surface area contributed by atoms with Crippen LogP contribution < -0.4 is 10.1 Å². The van der Waals surface area contributed by atoms with Gasteiger partial charge in [-0.05, 0) is 24.6 Å². The van der Waals surface area contributed by atoms with E-state index in [1.807, 2.05) is 19.1 Å². The maximum Gasteiger partial charge on any atom is 0.260 e. The minimum Gasteiger partial charge on any atom is -0.482 e. The first-order valence-corrected chi connectivity index (χ1v) is 7.31. The summed E-state index contributed by atoms with van der Waals surface area (Å²) >= 11 is 6.16. The molecule has 1 aromatic carbocycles. The highest BCUT2D eigenvalue weighted by Gasteiger charge is 2.09. The zero-order chi connectivity index (χ0) is 15.7. The molecule has 0 aliphatic carbocycles. The molecule has 1 aromatic rings. The number of carbonyl (C=O) groups excluding carboxylic acids is 1. The van der Waals surface area contributed by atoms with Gasteiger partial charge in [0.05, 0.1) is 11.6 Å². The fraction of sp³-hybridized carbons (Fsp3) is 0.533. The largest absolute Gasteiger partial charge is 0.482 e. The number of halogens is 1. The molecule has 0 unspecified atom stereocenters. The molecule has 1 rings (SSSR count). The Morgan fingerprint density at radius 2 is 2.19 bits per heavy atom. The summed E-state index contributed by atoms with van der Waals surface area (Å²) in [5, 5.41) is 3.74. The third kappa shape index (κ3) is 6.33. The molecule has 1 N–H and O–H groups in total. The van der Waals surface area contributed by atoms with E-state index in [0.29, 0.717) is 30.5 Å². The molecule has 5 nitrogen and oxygen atoms in total. The molecule has 118 valence electrons. The predicted molar refractivity (Wildman–Crippen MR) is 83.8 cm³/mol. The number of nitrogens with zero attached hydrogens (tertiary/aromatic N) is 1. The van der Waals surface area contributed by atoms with Gasteiger partial charge < -0.3 is 19.7 Å². The summed E-state index contributed by atoms with van der Waals surface area (Å²) in [5.74, 6) is 0.453. The van der Waals surface area contributed by atoms with Crippen LogP contribution in [0.5, 0.6) is 5.75 Å². The molecule has 0 atom stereocenters. The van der Waals surface area contributed by atoms with Gasteiger partial charge in [0.1, 0.15) is 5.75 Å². The van der Waals surface area contributed by atoms with E-state index in [9.17, 15) is 4.79 Å². The Kier molecular flexibility index (Phi) is 8.12. The second-order valence-electron chi connectivity index (χ2n) is 4.63. The Morgan fingerprint density at radius 1 is 1.43 bits per heavy atom. The van der Waals surface area contributed by atoms with Crippen molar-refractivity contribution < 1.29 is 14.3 Å². The molecular formula is C15H23ClN2O3. The maximum atomic E-state index is 11.7. The molecule has 0 aromatic heterocycles. The number of methoxy groups -OCH3 is 1. The van der Waals surface area contributed by atoms with Gasteiger partial charge in [-0.3, -0.25) is 4.79 Å². The molecule has 0 spiro atoms. The number of nitrogens with one attached hydrogen (secondary N) is 1. The molecule has 0 aliphatic rings. The summed E-state index contributed by atoms with van der Waals surface area (Å²) in [5.41, 5.74) is 1.06. The highest BCUT2D eigenvalue weighted by molar-refractivity contribution is 6.32. The topological polar surface area (TPSA) is 50.8 Å². The number of rotatable bonds is 9. The first-order valence-electron chi connectivity index (χ1n) is 6.93. The smallest absolute Gasteiger partial charge is 0.260 e. The van der Waals surface area contributed by atoms with Crippen LogP contribution in [0, 0.1) is 0 Å². The number of ether oxygens (including phenoxy) is 2. The van der Waals surface area contributed by atoms with Crippen LogP contribution in [0.25, 0.3) is 0 Å². The number of likely N-dealkylation sites (N-methyl/N-ethyl adjacent to an activating group) is 1. The second kappa shape index (κ2) is 9.60. The van der Waals surface area contributed by atoms with Crippen LogP contribution in [0.3, 0.4) is 0 Å². The van der Waals surface area contributed by atoms with Gasteiger partial charge in [-0.1, -0.05) is 17.7 Å². The molecule has 0 bridgehead atoms. The van der Waals surface area contributed by atoms with Gasteiger partial charge in [0.25, 0.3) is 5.91 Å². The van der Waals surface area contributed by atoms with Crippen molar-refractivity contribution in [3.63, 3.8) is 0 Å². The van der Waals surface area contributed by atoms with Crippen LogP contribution in [0.15, 0.2) is 18.2 Å². The summed E-state index contributed by atoms with van der Waals surface area (Å²) in [4.78, 5) is 13.3.